The van der Waals surface area contributed by atoms with Gasteiger partial charge in [-0.25, -0.2) is 0 Å². The topological polar surface area (TPSA) is 33.7 Å². The highest BCUT2D eigenvalue weighted by Gasteiger charge is 2.38. The van der Waals surface area contributed by atoms with Crippen molar-refractivity contribution in [3.8, 4) is 0 Å². The number of Topliss-reactive ketones (excluding diaryl/α,β-unsaturated/α-hetero) is 1. The van der Waals surface area contributed by atoms with Crippen molar-refractivity contribution in [2.75, 3.05) is 0 Å². The number of benzene rings is 2. The fraction of sp³-hybridized carbons (Fsp3) is 0.278. The lowest BCUT2D eigenvalue weighted by atomic mass is 9.82. The first-order valence-corrected chi connectivity index (χ1v) is 7.23. The van der Waals surface area contributed by atoms with Crippen LogP contribution in [0.5, 0.6) is 0 Å². The summed E-state index contributed by atoms with van der Waals surface area (Å²) in [5.74, 6) is 0.451. The summed E-state index contributed by atoms with van der Waals surface area (Å²) in [6.45, 7) is 2.05. The van der Waals surface area contributed by atoms with Gasteiger partial charge in [0.2, 0.25) is 0 Å². The molecule has 0 aromatic heterocycles. The summed E-state index contributed by atoms with van der Waals surface area (Å²) < 4.78 is 0. The highest BCUT2D eigenvalue weighted by Crippen LogP contribution is 2.28. The summed E-state index contributed by atoms with van der Waals surface area (Å²) >= 11 is 0. The number of hydrogen-bond donors (Lipinski definition) is 1. The number of ketones is 1. The van der Waals surface area contributed by atoms with Gasteiger partial charge in [-0.1, -0.05) is 60.7 Å². The molecule has 2 aromatic rings. The highest BCUT2D eigenvalue weighted by molar-refractivity contribution is 5.82. The SMILES string of the molecule is C[C@H]1C(=O)C[C@@H](c2ccccc2)[NH2+][C@H]1c1ccccc1. The molecule has 20 heavy (non-hydrogen) atoms. The summed E-state index contributed by atoms with van der Waals surface area (Å²) in [6.07, 6.45) is 0.633. The van der Waals surface area contributed by atoms with Gasteiger partial charge in [-0.3, -0.25) is 4.79 Å². The van der Waals surface area contributed by atoms with Gasteiger partial charge >= 0.3 is 0 Å². The molecule has 0 spiro atoms. The van der Waals surface area contributed by atoms with E-state index in [4.69, 9.17) is 0 Å². The van der Waals surface area contributed by atoms with Crippen molar-refractivity contribution in [1.29, 1.82) is 0 Å². The minimum absolute atomic E-state index is 0.0809. The van der Waals surface area contributed by atoms with Gasteiger partial charge in [0.05, 0.1) is 12.3 Å². The fourth-order valence-electron chi connectivity index (χ4n) is 3.09. The van der Waals surface area contributed by atoms with E-state index in [-0.39, 0.29) is 18.0 Å². The molecule has 1 aliphatic rings. The quantitative estimate of drug-likeness (QED) is 0.890. The summed E-state index contributed by atoms with van der Waals surface area (Å²) in [5.41, 5.74) is 2.49. The third-order valence-electron chi connectivity index (χ3n) is 4.32. The molecule has 1 aliphatic heterocycles. The van der Waals surface area contributed by atoms with Crippen molar-refractivity contribution in [2.45, 2.75) is 25.4 Å². The molecule has 0 saturated carbocycles. The van der Waals surface area contributed by atoms with Gasteiger partial charge in [-0.15, -0.1) is 0 Å². The van der Waals surface area contributed by atoms with Gasteiger partial charge in [-0.05, 0) is 6.92 Å². The molecule has 0 amide bonds. The Bertz CT molecular complexity index is 579. The second-order valence-electron chi connectivity index (χ2n) is 5.61. The Kier molecular flexibility index (Phi) is 3.66. The van der Waals surface area contributed by atoms with E-state index in [0.29, 0.717) is 12.2 Å². The summed E-state index contributed by atoms with van der Waals surface area (Å²) in [5, 5.41) is 2.36. The molecule has 1 saturated heterocycles. The molecule has 3 atom stereocenters. The average molecular weight is 266 g/mol. The fourth-order valence-corrected chi connectivity index (χ4v) is 3.09. The zero-order valence-electron chi connectivity index (χ0n) is 11.7. The van der Waals surface area contributed by atoms with E-state index in [9.17, 15) is 4.79 Å². The molecular formula is C18H20NO+. The van der Waals surface area contributed by atoms with Crippen LogP contribution in [-0.4, -0.2) is 5.78 Å². The number of piperidine rings is 1. The Morgan fingerprint density at radius 1 is 0.900 bits per heavy atom. The van der Waals surface area contributed by atoms with Gasteiger partial charge in [0, 0.05) is 11.1 Å². The number of rotatable bonds is 2. The standard InChI is InChI=1S/C18H19NO/c1-13-17(20)12-16(14-8-4-2-5-9-14)19-18(13)15-10-6-3-7-11-15/h2-11,13,16,18-19H,12H2,1H3/p+1/t13-,16-,18+/m0/s1. The number of nitrogens with two attached hydrogens (primary N) is 1. The molecular weight excluding hydrogens is 246 g/mol. The van der Waals surface area contributed by atoms with Crippen LogP contribution in [0.4, 0.5) is 0 Å². The third-order valence-corrected chi connectivity index (χ3v) is 4.32. The zero-order valence-corrected chi connectivity index (χ0v) is 11.7. The predicted molar refractivity (Wildman–Crippen MR) is 79.1 cm³/mol. The maximum absolute atomic E-state index is 12.3. The van der Waals surface area contributed by atoms with E-state index in [0.717, 1.165) is 0 Å². The molecule has 0 bridgehead atoms. The van der Waals surface area contributed by atoms with Crippen LogP contribution in [0.2, 0.25) is 0 Å². The van der Waals surface area contributed by atoms with E-state index in [1.807, 2.05) is 36.4 Å². The molecule has 2 heteroatoms. The van der Waals surface area contributed by atoms with Crippen molar-refractivity contribution >= 4 is 5.78 Å². The van der Waals surface area contributed by atoms with Crippen LogP contribution in [0.25, 0.3) is 0 Å². The van der Waals surface area contributed by atoms with Crippen LogP contribution in [0.15, 0.2) is 60.7 Å². The summed E-state index contributed by atoms with van der Waals surface area (Å²) in [7, 11) is 0. The molecule has 0 unspecified atom stereocenters. The number of carbonyl (C=O) groups excluding carboxylic acids is 1. The number of hydrogen-bond acceptors (Lipinski definition) is 1. The van der Waals surface area contributed by atoms with Crippen LogP contribution in [-0.2, 0) is 4.79 Å². The van der Waals surface area contributed by atoms with Gasteiger partial charge in [0.15, 0.2) is 0 Å². The minimum atomic E-state index is 0.0809. The van der Waals surface area contributed by atoms with Gasteiger partial charge in [0.1, 0.15) is 17.9 Å². The Hall–Kier alpha value is -1.93. The van der Waals surface area contributed by atoms with E-state index in [1.54, 1.807) is 0 Å². The molecule has 102 valence electrons. The van der Waals surface area contributed by atoms with Crippen LogP contribution in [0.3, 0.4) is 0 Å². The molecule has 2 nitrogen and oxygen atoms in total. The van der Waals surface area contributed by atoms with Crippen LogP contribution < -0.4 is 5.32 Å². The zero-order chi connectivity index (χ0) is 13.9. The first kappa shape index (κ1) is 13.1. The van der Waals surface area contributed by atoms with Gasteiger partial charge in [-0.2, -0.15) is 0 Å². The summed E-state index contributed by atoms with van der Waals surface area (Å²) in [6, 6.07) is 21.2. The molecule has 3 rings (SSSR count). The summed E-state index contributed by atoms with van der Waals surface area (Å²) in [4.78, 5) is 12.3. The predicted octanol–water partition coefficient (Wildman–Crippen LogP) is 2.64. The van der Waals surface area contributed by atoms with E-state index >= 15 is 0 Å². The van der Waals surface area contributed by atoms with E-state index in [1.165, 1.54) is 11.1 Å². The van der Waals surface area contributed by atoms with Crippen molar-refractivity contribution in [3.63, 3.8) is 0 Å². The lowest BCUT2D eigenvalue weighted by Gasteiger charge is -2.32. The maximum Gasteiger partial charge on any atom is 0.148 e. The lowest BCUT2D eigenvalue weighted by molar-refractivity contribution is -0.742. The lowest BCUT2D eigenvalue weighted by Crippen LogP contribution is -2.90. The van der Waals surface area contributed by atoms with Crippen molar-refractivity contribution in [3.05, 3.63) is 71.8 Å². The largest absolute Gasteiger partial charge is 0.333 e. The van der Waals surface area contributed by atoms with Crippen LogP contribution in [0.1, 0.15) is 36.6 Å². The molecule has 1 fully saturated rings. The Balaban J connectivity index is 1.89. The average Bonchev–Trinajstić information content (AvgIpc) is 2.51. The van der Waals surface area contributed by atoms with Crippen LogP contribution >= 0.6 is 0 Å². The number of carbonyl (C=O) groups is 1. The smallest absolute Gasteiger partial charge is 0.148 e. The van der Waals surface area contributed by atoms with Crippen molar-refractivity contribution in [2.24, 2.45) is 5.92 Å². The molecule has 0 radical (unpaired) electrons. The maximum atomic E-state index is 12.3. The molecule has 0 aliphatic carbocycles. The third kappa shape index (κ3) is 2.52. The van der Waals surface area contributed by atoms with Gasteiger partial charge < -0.3 is 5.32 Å². The monoisotopic (exact) mass is 266 g/mol. The normalized spacial score (nSPS) is 26.4. The van der Waals surface area contributed by atoms with E-state index < -0.39 is 0 Å². The first-order chi connectivity index (χ1) is 9.75. The van der Waals surface area contributed by atoms with E-state index in [2.05, 4.69) is 36.5 Å². The molecule has 1 heterocycles. The van der Waals surface area contributed by atoms with Gasteiger partial charge in [0.25, 0.3) is 0 Å². The van der Waals surface area contributed by atoms with Crippen molar-refractivity contribution in [1.82, 2.24) is 0 Å². The number of quaternary nitrogens is 1. The highest BCUT2D eigenvalue weighted by atomic mass is 16.1. The molecule has 2 N–H and O–H groups in total. The molecule has 2 aromatic carbocycles. The second-order valence-corrected chi connectivity index (χ2v) is 5.61. The Morgan fingerprint density at radius 3 is 2.05 bits per heavy atom. The minimum Gasteiger partial charge on any atom is -0.333 e. The van der Waals surface area contributed by atoms with Crippen molar-refractivity contribution < 1.29 is 10.1 Å². The Labute approximate surface area is 119 Å². The van der Waals surface area contributed by atoms with Crippen LogP contribution in [0, 0.1) is 5.92 Å². The first-order valence-electron chi connectivity index (χ1n) is 7.23. The second kappa shape index (κ2) is 5.59. The Morgan fingerprint density at radius 2 is 1.45 bits per heavy atom.